The van der Waals surface area contributed by atoms with Gasteiger partial charge in [-0.25, -0.2) is 0 Å². The van der Waals surface area contributed by atoms with Gasteiger partial charge < -0.3 is 43.1 Å². The highest BCUT2D eigenvalue weighted by Crippen LogP contribution is 2.15. The van der Waals surface area contributed by atoms with E-state index in [0.717, 1.165) is 70.9 Å². The number of carbonyl (C=O) groups is 1. The maximum Gasteiger partial charge on any atom is 0.123 e. The number of ether oxygens (including phenoxy) is 7. The van der Waals surface area contributed by atoms with Gasteiger partial charge in [-0.2, -0.15) is 0 Å². The third-order valence-electron chi connectivity index (χ3n) is 7.31. The Hall–Kier alpha value is -1.07. The van der Waals surface area contributed by atoms with Gasteiger partial charge in [-0.3, -0.25) is 0 Å². The summed E-state index contributed by atoms with van der Waals surface area (Å²) in [6.45, 7) is 21.3. The molecule has 0 amide bonds. The van der Waals surface area contributed by atoms with Gasteiger partial charge in [-0.15, -0.1) is 0 Å². The summed E-state index contributed by atoms with van der Waals surface area (Å²) in [4.78, 5) is 10.5. The molecule has 0 saturated heterocycles. The van der Waals surface area contributed by atoms with Crippen LogP contribution in [0.3, 0.4) is 0 Å². The smallest absolute Gasteiger partial charge is 0.123 e. The van der Waals surface area contributed by atoms with E-state index < -0.39 is 0 Å². The Morgan fingerprint density at radius 1 is 0.469 bits per heavy atom. The molecule has 0 aliphatic carbocycles. The minimum Gasteiger partial charge on any atom is -0.499 e. The van der Waals surface area contributed by atoms with Gasteiger partial charge in [0.2, 0.25) is 0 Å². The zero-order valence-electron chi connectivity index (χ0n) is 33.2. The molecule has 1 N–H and O–H groups in total. The second-order valence-electron chi connectivity index (χ2n) is 12.1. The van der Waals surface area contributed by atoms with E-state index in [0.29, 0.717) is 78.6 Å². The first-order valence-corrected chi connectivity index (χ1v) is 19.9. The lowest BCUT2D eigenvalue weighted by atomic mass is 9.98. The summed E-state index contributed by atoms with van der Waals surface area (Å²) in [7, 11) is 0. The zero-order chi connectivity index (χ0) is 36.7. The lowest BCUT2D eigenvalue weighted by molar-refractivity contribution is -0.111. The predicted octanol–water partition coefficient (Wildman–Crippen LogP) is 9.13. The van der Waals surface area contributed by atoms with Crippen molar-refractivity contribution < 1.29 is 43.1 Å². The molecule has 0 aromatic carbocycles. The number of rotatable bonds is 37. The van der Waals surface area contributed by atoms with Crippen LogP contribution in [0.25, 0.3) is 0 Å². The molecule has 0 bridgehead atoms. The fourth-order valence-corrected chi connectivity index (χ4v) is 4.40. The van der Waals surface area contributed by atoms with Crippen molar-refractivity contribution in [2.75, 3.05) is 92.5 Å². The van der Waals surface area contributed by atoms with Crippen LogP contribution in [0.15, 0.2) is 11.8 Å². The molecule has 0 heterocycles. The summed E-state index contributed by atoms with van der Waals surface area (Å²) in [5.41, 5.74) is 1.43. The fourth-order valence-electron chi connectivity index (χ4n) is 4.40. The highest BCUT2D eigenvalue weighted by molar-refractivity contribution is 5.53. The quantitative estimate of drug-likeness (QED) is 0.0385. The van der Waals surface area contributed by atoms with Gasteiger partial charge >= 0.3 is 0 Å². The first-order valence-electron chi connectivity index (χ1n) is 19.9. The van der Waals surface area contributed by atoms with Crippen molar-refractivity contribution in [3.05, 3.63) is 11.8 Å². The number of hydrogen-bond donors (Lipinski definition) is 1. The third kappa shape index (κ3) is 51.4. The monoisotopic (exact) mass is 707 g/mol. The van der Waals surface area contributed by atoms with E-state index in [4.69, 9.17) is 38.3 Å². The van der Waals surface area contributed by atoms with Crippen LogP contribution >= 0.6 is 0 Å². The van der Waals surface area contributed by atoms with Crippen molar-refractivity contribution in [1.29, 1.82) is 0 Å². The van der Waals surface area contributed by atoms with Crippen LogP contribution in [0, 0.1) is 5.92 Å². The van der Waals surface area contributed by atoms with Gasteiger partial charge in [-0.1, -0.05) is 99.3 Å². The first-order chi connectivity index (χ1) is 24.1. The molecular formula is C40H82O9. The van der Waals surface area contributed by atoms with Gasteiger partial charge in [0.05, 0.1) is 78.9 Å². The van der Waals surface area contributed by atoms with Crippen molar-refractivity contribution in [1.82, 2.24) is 0 Å². The molecule has 0 aromatic rings. The summed E-state index contributed by atoms with van der Waals surface area (Å²) >= 11 is 0. The molecule has 9 heteroatoms. The standard InChI is InChI=1S/C20H40O4.C10H22O4.C10H20O/c1-4-7-9-11-20(10-6-3)19-24-18-17-23-16-15-22-14-13-21-12-8-5-2;1-2-3-5-12-7-9-14-10-8-13-6-4-11;1-3-5-6-8-10(9-11)7-4-2/h19H,4-18H2,1-3H3;11H,2-10H2,1H3;9-10H,3-8H2,1-2H3. The van der Waals surface area contributed by atoms with E-state index in [-0.39, 0.29) is 6.61 Å². The molecular weight excluding hydrogens is 624 g/mol. The Bertz CT molecular complexity index is 592. The average Bonchev–Trinajstić information content (AvgIpc) is 3.11. The summed E-state index contributed by atoms with van der Waals surface area (Å²) in [5, 5.41) is 8.40. The van der Waals surface area contributed by atoms with Crippen LogP contribution < -0.4 is 0 Å². The number of hydrogen-bond acceptors (Lipinski definition) is 9. The Labute approximate surface area is 303 Å². The normalized spacial score (nSPS) is 11.8. The van der Waals surface area contributed by atoms with E-state index in [1.807, 2.05) is 6.26 Å². The molecule has 296 valence electrons. The highest BCUT2D eigenvalue weighted by Gasteiger charge is 2.04. The van der Waals surface area contributed by atoms with E-state index >= 15 is 0 Å². The van der Waals surface area contributed by atoms with Gasteiger partial charge in [0.15, 0.2) is 0 Å². The Morgan fingerprint density at radius 2 is 0.918 bits per heavy atom. The second kappa shape index (κ2) is 51.3. The van der Waals surface area contributed by atoms with Crippen molar-refractivity contribution in [2.45, 2.75) is 144 Å². The molecule has 0 fully saturated rings. The third-order valence-corrected chi connectivity index (χ3v) is 7.31. The molecule has 0 spiro atoms. The number of aldehydes is 1. The number of aliphatic hydroxyl groups is 1. The van der Waals surface area contributed by atoms with Gasteiger partial charge in [0.25, 0.3) is 0 Å². The van der Waals surface area contributed by atoms with Crippen molar-refractivity contribution in [3.8, 4) is 0 Å². The van der Waals surface area contributed by atoms with Gasteiger partial charge in [0.1, 0.15) is 12.9 Å². The number of allylic oxidation sites excluding steroid dienone is 1. The van der Waals surface area contributed by atoms with Crippen LogP contribution in [0.2, 0.25) is 0 Å². The molecule has 1 unspecified atom stereocenters. The lowest BCUT2D eigenvalue weighted by Gasteiger charge is -2.08. The predicted molar refractivity (Wildman–Crippen MR) is 204 cm³/mol. The van der Waals surface area contributed by atoms with Crippen molar-refractivity contribution >= 4 is 6.29 Å². The molecule has 49 heavy (non-hydrogen) atoms. The number of unbranched alkanes of at least 4 members (excludes halogenated alkanes) is 6. The number of carbonyl (C=O) groups excluding carboxylic acids is 1. The Balaban J connectivity index is -0.000000715. The minimum atomic E-state index is 0.0696. The largest absolute Gasteiger partial charge is 0.499 e. The van der Waals surface area contributed by atoms with Gasteiger partial charge in [-0.05, 0) is 50.5 Å². The molecule has 9 nitrogen and oxygen atoms in total. The van der Waals surface area contributed by atoms with Gasteiger partial charge in [0, 0.05) is 19.1 Å². The molecule has 0 aromatic heterocycles. The van der Waals surface area contributed by atoms with Crippen molar-refractivity contribution in [3.63, 3.8) is 0 Å². The summed E-state index contributed by atoms with van der Waals surface area (Å²) in [5.74, 6) is 0.339. The maximum absolute atomic E-state index is 10.5. The van der Waals surface area contributed by atoms with Crippen LogP contribution in [-0.4, -0.2) is 104 Å². The summed E-state index contributed by atoms with van der Waals surface area (Å²) in [6, 6.07) is 0. The van der Waals surface area contributed by atoms with E-state index in [1.54, 1.807) is 0 Å². The van der Waals surface area contributed by atoms with Crippen LogP contribution in [-0.2, 0) is 38.0 Å². The maximum atomic E-state index is 10.5. The number of aliphatic hydroxyl groups excluding tert-OH is 1. The second-order valence-corrected chi connectivity index (χ2v) is 12.1. The van der Waals surface area contributed by atoms with Crippen LogP contribution in [0.5, 0.6) is 0 Å². The van der Waals surface area contributed by atoms with E-state index in [9.17, 15) is 4.79 Å². The molecule has 0 saturated carbocycles. The molecule has 0 aliphatic rings. The molecule has 0 aliphatic heterocycles. The SMILES string of the molecule is CCCCCC(=COCCOCCOCCOCCCC)CCC.CCCCCC(C=O)CCC.CCCCOCCOCCOCCO. The lowest BCUT2D eigenvalue weighted by Crippen LogP contribution is -2.11. The average molecular weight is 707 g/mol. The fraction of sp³-hybridized carbons (Fsp3) is 0.925. The van der Waals surface area contributed by atoms with Crippen molar-refractivity contribution in [2.24, 2.45) is 5.92 Å². The summed E-state index contributed by atoms with van der Waals surface area (Å²) < 4.78 is 37.5. The van der Waals surface area contributed by atoms with Crippen LogP contribution in [0.1, 0.15) is 144 Å². The first kappa shape index (κ1) is 52.3. The van der Waals surface area contributed by atoms with Crippen LogP contribution in [0.4, 0.5) is 0 Å². The molecule has 1 atom stereocenters. The van der Waals surface area contributed by atoms with E-state index in [1.165, 1.54) is 56.9 Å². The zero-order valence-corrected chi connectivity index (χ0v) is 33.2. The van der Waals surface area contributed by atoms with E-state index in [2.05, 4.69) is 41.5 Å². The summed E-state index contributed by atoms with van der Waals surface area (Å²) in [6.07, 6.45) is 22.0. The Kier molecular flexibility index (Phi) is 54.7. The minimum absolute atomic E-state index is 0.0696. The topological polar surface area (TPSA) is 102 Å². The molecule has 0 radical (unpaired) electrons. The molecule has 0 rings (SSSR count). The Morgan fingerprint density at radius 3 is 1.35 bits per heavy atom. The highest BCUT2D eigenvalue weighted by atomic mass is 16.6.